The molecule has 3 aromatic carbocycles. The molecule has 0 saturated heterocycles. The average Bonchev–Trinajstić information content (AvgIpc) is 3.38. The second-order valence-corrected chi connectivity index (χ2v) is 8.87. The van der Waals surface area contributed by atoms with E-state index in [1.54, 1.807) is 35.6 Å². The van der Waals surface area contributed by atoms with Crippen LogP contribution in [-0.2, 0) is 6.61 Å². The highest BCUT2D eigenvalue weighted by Gasteiger charge is 2.12. The molecular weight excluding hydrogens is 414 g/mol. The van der Waals surface area contributed by atoms with Crippen molar-refractivity contribution < 1.29 is 9.53 Å². The molecule has 0 unspecified atom stereocenters. The van der Waals surface area contributed by atoms with Gasteiger partial charge in [0.05, 0.1) is 20.9 Å². The van der Waals surface area contributed by atoms with Crippen LogP contribution >= 0.6 is 22.7 Å². The smallest absolute Gasteiger partial charge is 0.257 e. The van der Waals surface area contributed by atoms with E-state index in [0.717, 1.165) is 31.7 Å². The first kappa shape index (κ1) is 18.7. The quantitative estimate of drug-likeness (QED) is 0.368. The molecule has 0 aliphatic heterocycles. The van der Waals surface area contributed by atoms with Crippen molar-refractivity contribution >= 4 is 54.7 Å². The van der Waals surface area contributed by atoms with Crippen LogP contribution in [0.1, 0.15) is 21.1 Å². The maximum absolute atomic E-state index is 12.7. The Bertz CT molecular complexity index is 1360. The molecule has 5 aromatic rings. The Morgan fingerprint density at radius 3 is 2.67 bits per heavy atom. The van der Waals surface area contributed by atoms with Crippen LogP contribution < -0.4 is 10.1 Å². The Kier molecular flexibility index (Phi) is 4.90. The number of carbonyl (C=O) groups excluding carboxylic acids is 1. The van der Waals surface area contributed by atoms with Gasteiger partial charge in [0, 0.05) is 16.3 Å². The SMILES string of the molecule is Cc1nc(COc2ccc(C(=O)Nc3nc4c(ccc5ccccc54)s3)cc2)cs1. The van der Waals surface area contributed by atoms with Gasteiger partial charge in [-0.15, -0.1) is 11.3 Å². The number of benzene rings is 3. The minimum atomic E-state index is -0.194. The van der Waals surface area contributed by atoms with E-state index in [0.29, 0.717) is 23.1 Å². The van der Waals surface area contributed by atoms with E-state index in [9.17, 15) is 4.79 Å². The largest absolute Gasteiger partial charge is 0.487 e. The lowest BCUT2D eigenvalue weighted by Crippen LogP contribution is -2.11. The van der Waals surface area contributed by atoms with E-state index in [2.05, 4.69) is 33.5 Å². The maximum Gasteiger partial charge on any atom is 0.257 e. The molecule has 0 aliphatic rings. The monoisotopic (exact) mass is 431 g/mol. The molecule has 0 saturated carbocycles. The van der Waals surface area contributed by atoms with Gasteiger partial charge in [-0.2, -0.15) is 0 Å². The predicted octanol–water partition coefficient (Wildman–Crippen LogP) is 6.05. The van der Waals surface area contributed by atoms with Crippen molar-refractivity contribution in [1.29, 1.82) is 0 Å². The summed E-state index contributed by atoms with van der Waals surface area (Å²) in [6.45, 7) is 2.38. The second-order valence-electron chi connectivity index (χ2n) is 6.78. The van der Waals surface area contributed by atoms with Gasteiger partial charge in [0.2, 0.25) is 0 Å². The van der Waals surface area contributed by atoms with Crippen molar-refractivity contribution in [1.82, 2.24) is 9.97 Å². The molecule has 2 heterocycles. The van der Waals surface area contributed by atoms with Gasteiger partial charge < -0.3 is 4.74 Å². The van der Waals surface area contributed by atoms with Crippen LogP contribution in [0, 0.1) is 6.92 Å². The van der Waals surface area contributed by atoms with E-state index in [-0.39, 0.29) is 5.91 Å². The predicted molar refractivity (Wildman–Crippen MR) is 123 cm³/mol. The number of nitrogens with zero attached hydrogens (tertiary/aromatic N) is 2. The number of fused-ring (bicyclic) bond motifs is 3. The molecule has 0 bridgehead atoms. The number of aromatic nitrogens is 2. The summed E-state index contributed by atoms with van der Waals surface area (Å²) in [6, 6.07) is 19.3. The number of thiazole rings is 2. The van der Waals surface area contributed by atoms with Crippen LogP contribution in [0.5, 0.6) is 5.75 Å². The van der Waals surface area contributed by atoms with Crippen molar-refractivity contribution in [2.45, 2.75) is 13.5 Å². The van der Waals surface area contributed by atoms with E-state index >= 15 is 0 Å². The van der Waals surface area contributed by atoms with Gasteiger partial charge in [0.25, 0.3) is 5.91 Å². The van der Waals surface area contributed by atoms with Crippen LogP contribution in [0.2, 0.25) is 0 Å². The molecule has 1 N–H and O–H groups in total. The van der Waals surface area contributed by atoms with Crippen molar-refractivity contribution in [2.75, 3.05) is 5.32 Å². The van der Waals surface area contributed by atoms with E-state index in [4.69, 9.17) is 4.74 Å². The molecule has 0 fully saturated rings. The summed E-state index contributed by atoms with van der Waals surface area (Å²) in [5.41, 5.74) is 2.37. The zero-order valence-corrected chi connectivity index (χ0v) is 17.7. The van der Waals surface area contributed by atoms with Crippen molar-refractivity contribution in [3.63, 3.8) is 0 Å². The highest BCUT2D eigenvalue weighted by Crippen LogP contribution is 2.32. The minimum absolute atomic E-state index is 0.194. The third-order valence-corrected chi connectivity index (χ3v) is 6.43. The van der Waals surface area contributed by atoms with Gasteiger partial charge in [-0.05, 0) is 42.6 Å². The molecular formula is C23H17N3O2S2. The van der Waals surface area contributed by atoms with Crippen molar-refractivity contribution in [3.05, 3.63) is 82.3 Å². The van der Waals surface area contributed by atoms with Crippen LogP contribution in [0.3, 0.4) is 0 Å². The molecule has 0 radical (unpaired) electrons. The molecule has 5 rings (SSSR count). The zero-order chi connectivity index (χ0) is 20.5. The molecule has 0 aliphatic carbocycles. The Morgan fingerprint density at radius 1 is 1.03 bits per heavy atom. The lowest BCUT2D eigenvalue weighted by molar-refractivity contribution is 0.102. The molecule has 1 amide bonds. The lowest BCUT2D eigenvalue weighted by Gasteiger charge is -2.06. The van der Waals surface area contributed by atoms with Crippen molar-refractivity contribution in [2.24, 2.45) is 0 Å². The van der Waals surface area contributed by atoms with Gasteiger partial charge in [0.1, 0.15) is 12.4 Å². The van der Waals surface area contributed by atoms with Gasteiger partial charge in [-0.3, -0.25) is 10.1 Å². The van der Waals surface area contributed by atoms with Crippen LogP contribution in [0.4, 0.5) is 5.13 Å². The van der Waals surface area contributed by atoms with E-state index < -0.39 is 0 Å². The fourth-order valence-corrected chi connectivity index (χ4v) is 4.69. The summed E-state index contributed by atoms with van der Waals surface area (Å²) >= 11 is 3.07. The number of aryl methyl sites for hydroxylation is 1. The lowest BCUT2D eigenvalue weighted by atomic mass is 10.1. The number of hydrogen-bond donors (Lipinski definition) is 1. The molecule has 0 atom stereocenters. The first-order chi connectivity index (χ1) is 14.7. The van der Waals surface area contributed by atoms with Gasteiger partial charge >= 0.3 is 0 Å². The third-order valence-electron chi connectivity index (χ3n) is 4.67. The van der Waals surface area contributed by atoms with Gasteiger partial charge in [-0.25, -0.2) is 9.97 Å². The summed E-state index contributed by atoms with van der Waals surface area (Å²) in [6.07, 6.45) is 0. The molecule has 0 spiro atoms. The molecule has 30 heavy (non-hydrogen) atoms. The number of anilines is 1. The molecule has 2 aromatic heterocycles. The normalized spacial score (nSPS) is 11.1. The van der Waals surface area contributed by atoms with Crippen LogP contribution in [-0.4, -0.2) is 15.9 Å². The van der Waals surface area contributed by atoms with Crippen LogP contribution in [0.15, 0.2) is 66.0 Å². The summed E-state index contributed by atoms with van der Waals surface area (Å²) in [4.78, 5) is 21.7. The Labute approximate surface area is 181 Å². The second kappa shape index (κ2) is 7.85. The fourth-order valence-electron chi connectivity index (χ4n) is 3.22. The van der Waals surface area contributed by atoms with Crippen LogP contribution in [0.25, 0.3) is 21.0 Å². The molecule has 148 valence electrons. The highest BCUT2D eigenvalue weighted by atomic mass is 32.1. The minimum Gasteiger partial charge on any atom is -0.487 e. The summed E-state index contributed by atoms with van der Waals surface area (Å²) < 4.78 is 6.79. The Balaban J connectivity index is 1.29. The standard InChI is InChI=1S/C23H17N3O2S2/c1-14-24-17(13-29-14)12-28-18-9-6-16(7-10-18)22(27)26-23-25-21-19-5-3-2-4-15(19)8-11-20(21)30-23/h2-11,13H,12H2,1H3,(H,25,26,27). The third kappa shape index (κ3) is 3.77. The van der Waals surface area contributed by atoms with E-state index in [1.165, 1.54) is 11.3 Å². The zero-order valence-electron chi connectivity index (χ0n) is 16.1. The number of nitrogens with one attached hydrogen (secondary N) is 1. The molecule has 5 nitrogen and oxygen atoms in total. The first-order valence-electron chi connectivity index (χ1n) is 9.39. The van der Waals surface area contributed by atoms with Gasteiger partial charge in [0.15, 0.2) is 5.13 Å². The number of amides is 1. The summed E-state index contributed by atoms with van der Waals surface area (Å²) in [5, 5.41) is 8.72. The van der Waals surface area contributed by atoms with Gasteiger partial charge in [-0.1, -0.05) is 41.7 Å². The Hall–Kier alpha value is -3.29. The van der Waals surface area contributed by atoms with E-state index in [1.807, 2.05) is 30.5 Å². The first-order valence-corrected chi connectivity index (χ1v) is 11.1. The highest BCUT2D eigenvalue weighted by molar-refractivity contribution is 7.22. The van der Waals surface area contributed by atoms with Crippen molar-refractivity contribution in [3.8, 4) is 5.75 Å². The Morgan fingerprint density at radius 2 is 1.87 bits per heavy atom. The fraction of sp³-hybridized carbons (Fsp3) is 0.0870. The summed E-state index contributed by atoms with van der Waals surface area (Å²) in [7, 11) is 0. The number of rotatable bonds is 5. The molecule has 7 heteroatoms. The summed E-state index contributed by atoms with van der Waals surface area (Å²) in [5.74, 6) is 0.503. The topological polar surface area (TPSA) is 64.1 Å². The maximum atomic E-state index is 12.7. The number of ether oxygens (including phenoxy) is 1. The number of carbonyl (C=O) groups is 1. The number of hydrogen-bond acceptors (Lipinski definition) is 6. The average molecular weight is 432 g/mol.